The molecule has 1 aromatic rings. The van der Waals surface area contributed by atoms with Gasteiger partial charge in [0.1, 0.15) is 0 Å². The van der Waals surface area contributed by atoms with Gasteiger partial charge >= 0.3 is 0 Å². The lowest BCUT2D eigenvalue weighted by Gasteiger charge is -2.16. The van der Waals surface area contributed by atoms with Crippen molar-refractivity contribution in [1.82, 2.24) is 0 Å². The topological polar surface area (TPSA) is 41.1 Å². The maximum atomic E-state index is 11.0. The van der Waals surface area contributed by atoms with Gasteiger partial charge in [0.05, 0.1) is 0 Å². The molecule has 2 N–H and O–H groups in total. The zero-order valence-electron chi connectivity index (χ0n) is 11.4. The smallest absolute Gasteiger partial charge is 0.221 e. The maximum absolute atomic E-state index is 11.0. The number of benzene rings is 1. The van der Waals surface area contributed by atoms with Crippen LogP contribution in [0.1, 0.15) is 32.3 Å². The third-order valence-electron chi connectivity index (χ3n) is 2.75. The molecule has 1 aromatic carbocycles. The molecule has 0 heterocycles. The summed E-state index contributed by atoms with van der Waals surface area (Å²) in [5, 5.41) is 6.25. The van der Waals surface area contributed by atoms with Gasteiger partial charge in [-0.25, -0.2) is 0 Å². The molecule has 98 valence electrons. The molecule has 0 fully saturated rings. The second kappa shape index (κ2) is 6.84. The summed E-state index contributed by atoms with van der Waals surface area (Å²) in [6.07, 6.45) is 4.01. The fourth-order valence-electron chi connectivity index (χ4n) is 1.81. The molecule has 0 bridgehead atoms. The molecule has 3 nitrogen and oxygen atoms in total. The van der Waals surface area contributed by atoms with Crippen LogP contribution in [0.3, 0.4) is 0 Å². The van der Waals surface area contributed by atoms with E-state index in [-0.39, 0.29) is 5.91 Å². The molecule has 1 rings (SSSR count). The van der Waals surface area contributed by atoms with Crippen LogP contribution >= 0.6 is 0 Å². The fourth-order valence-corrected chi connectivity index (χ4v) is 1.81. The Morgan fingerprint density at radius 2 is 2.22 bits per heavy atom. The quantitative estimate of drug-likeness (QED) is 0.751. The minimum absolute atomic E-state index is 0.0434. The number of amides is 1. The molecule has 1 amide bonds. The number of carbonyl (C=O) groups is 1. The van der Waals surface area contributed by atoms with Gasteiger partial charge in [0.25, 0.3) is 0 Å². The van der Waals surface area contributed by atoms with E-state index in [0.717, 1.165) is 29.8 Å². The van der Waals surface area contributed by atoms with Crippen LogP contribution in [-0.2, 0) is 4.79 Å². The van der Waals surface area contributed by atoms with Gasteiger partial charge in [-0.15, -0.1) is 6.58 Å². The normalized spacial score (nSPS) is 11.7. The Kier molecular flexibility index (Phi) is 5.43. The lowest BCUT2D eigenvalue weighted by atomic mass is 10.1. The molecule has 0 saturated heterocycles. The van der Waals surface area contributed by atoms with Gasteiger partial charge in [0.15, 0.2) is 0 Å². The van der Waals surface area contributed by atoms with Crippen molar-refractivity contribution in [2.45, 2.75) is 39.7 Å². The first-order valence-corrected chi connectivity index (χ1v) is 6.28. The fraction of sp³-hybridized carbons (Fsp3) is 0.400. The van der Waals surface area contributed by atoms with Crippen LogP contribution in [0.5, 0.6) is 0 Å². The van der Waals surface area contributed by atoms with Crippen molar-refractivity contribution in [3.63, 3.8) is 0 Å². The Morgan fingerprint density at radius 3 is 2.78 bits per heavy atom. The second-order valence-corrected chi connectivity index (χ2v) is 4.62. The summed E-state index contributed by atoms with van der Waals surface area (Å²) in [7, 11) is 0. The summed E-state index contributed by atoms with van der Waals surface area (Å²) < 4.78 is 0. The molecule has 18 heavy (non-hydrogen) atoms. The molecule has 0 saturated carbocycles. The number of hydrogen-bond acceptors (Lipinski definition) is 2. The molecule has 0 radical (unpaired) electrons. The predicted octanol–water partition coefficient (Wildman–Crippen LogP) is 3.72. The van der Waals surface area contributed by atoms with Crippen LogP contribution in [-0.4, -0.2) is 11.9 Å². The third kappa shape index (κ3) is 4.62. The highest BCUT2D eigenvalue weighted by molar-refractivity contribution is 5.89. The first-order chi connectivity index (χ1) is 8.52. The summed E-state index contributed by atoms with van der Waals surface area (Å²) in [5.74, 6) is -0.0434. The van der Waals surface area contributed by atoms with Gasteiger partial charge in [-0.3, -0.25) is 4.79 Å². The number of anilines is 2. The van der Waals surface area contributed by atoms with Crippen molar-refractivity contribution >= 4 is 17.3 Å². The highest BCUT2D eigenvalue weighted by Gasteiger charge is 2.04. The average molecular weight is 246 g/mol. The van der Waals surface area contributed by atoms with Gasteiger partial charge in [0.2, 0.25) is 5.91 Å². The molecule has 3 heteroatoms. The molecular formula is C15H22N2O. The first kappa shape index (κ1) is 14.3. The van der Waals surface area contributed by atoms with Crippen LogP contribution in [0.15, 0.2) is 30.9 Å². The second-order valence-electron chi connectivity index (χ2n) is 4.62. The van der Waals surface area contributed by atoms with E-state index in [1.807, 2.05) is 25.1 Å². The summed E-state index contributed by atoms with van der Waals surface area (Å²) in [5.41, 5.74) is 3.01. The van der Waals surface area contributed by atoms with E-state index in [4.69, 9.17) is 0 Å². The van der Waals surface area contributed by atoms with E-state index in [1.54, 1.807) is 0 Å². The molecule has 1 atom stereocenters. The first-order valence-electron chi connectivity index (χ1n) is 6.28. The van der Waals surface area contributed by atoms with E-state index < -0.39 is 0 Å². The van der Waals surface area contributed by atoms with Crippen LogP contribution in [0.4, 0.5) is 11.4 Å². The van der Waals surface area contributed by atoms with Crippen LogP contribution in [0.25, 0.3) is 0 Å². The number of carbonyl (C=O) groups excluding carboxylic acids is 1. The van der Waals surface area contributed by atoms with Crippen molar-refractivity contribution in [3.05, 3.63) is 36.4 Å². The Hall–Kier alpha value is -1.77. The predicted molar refractivity (Wildman–Crippen MR) is 78.0 cm³/mol. The van der Waals surface area contributed by atoms with Crippen molar-refractivity contribution in [3.8, 4) is 0 Å². The molecule has 0 aliphatic rings. The summed E-state index contributed by atoms with van der Waals surface area (Å²) in [4.78, 5) is 11.0. The van der Waals surface area contributed by atoms with E-state index in [0.29, 0.717) is 6.04 Å². The van der Waals surface area contributed by atoms with Crippen molar-refractivity contribution in [1.29, 1.82) is 0 Å². The number of allylic oxidation sites excluding steroid dienone is 1. The number of rotatable bonds is 6. The molecule has 0 aliphatic heterocycles. The van der Waals surface area contributed by atoms with Crippen molar-refractivity contribution in [2.75, 3.05) is 10.6 Å². The van der Waals surface area contributed by atoms with E-state index >= 15 is 0 Å². The molecule has 0 aliphatic carbocycles. The highest BCUT2D eigenvalue weighted by atomic mass is 16.1. The van der Waals surface area contributed by atoms with Crippen LogP contribution < -0.4 is 10.6 Å². The number of hydrogen-bond donors (Lipinski definition) is 2. The van der Waals surface area contributed by atoms with Gasteiger partial charge < -0.3 is 10.6 Å². The minimum atomic E-state index is -0.0434. The maximum Gasteiger partial charge on any atom is 0.221 e. The van der Waals surface area contributed by atoms with E-state index in [1.165, 1.54) is 6.92 Å². The Labute approximate surface area is 109 Å². The third-order valence-corrected chi connectivity index (χ3v) is 2.75. The highest BCUT2D eigenvalue weighted by Crippen LogP contribution is 2.20. The van der Waals surface area contributed by atoms with Gasteiger partial charge in [-0.2, -0.15) is 0 Å². The van der Waals surface area contributed by atoms with Crippen LogP contribution in [0.2, 0.25) is 0 Å². The Balaban J connectivity index is 2.66. The van der Waals surface area contributed by atoms with Gasteiger partial charge in [0, 0.05) is 24.3 Å². The summed E-state index contributed by atoms with van der Waals surface area (Å²) >= 11 is 0. The summed E-state index contributed by atoms with van der Waals surface area (Å²) in [6, 6.07) is 6.38. The molecule has 0 spiro atoms. The SMILES string of the molecule is C=CCCC(C)Nc1ccc(NC(C)=O)c(C)c1. The Bertz CT molecular complexity index is 427. The summed E-state index contributed by atoms with van der Waals surface area (Å²) in [6.45, 7) is 9.39. The molecule has 0 aromatic heterocycles. The zero-order chi connectivity index (χ0) is 13.5. The minimum Gasteiger partial charge on any atom is -0.383 e. The molecular weight excluding hydrogens is 224 g/mol. The van der Waals surface area contributed by atoms with Gasteiger partial charge in [-0.05, 0) is 50.5 Å². The number of nitrogens with one attached hydrogen (secondary N) is 2. The molecule has 1 unspecified atom stereocenters. The van der Waals surface area contributed by atoms with E-state index in [9.17, 15) is 4.79 Å². The van der Waals surface area contributed by atoms with Gasteiger partial charge in [-0.1, -0.05) is 6.08 Å². The largest absolute Gasteiger partial charge is 0.383 e. The van der Waals surface area contributed by atoms with Crippen LogP contribution in [0, 0.1) is 6.92 Å². The Morgan fingerprint density at radius 1 is 1.50 bits per heavy atom. The lowest BCUT2D eigenvalue weighted by Crippen LogP contribution is -2.15. The lowest BCUT2D eigenvalue weighted by molar-refractivity contribution is -0.114. The number of aryl methyl sites for hydroxylation is 1. The monoisotopic (exact) mass is 246 g/mol. The van der Waals surface area contributed by atoms with Crippen molar-refractivity contribution < 1.29 is 4.79 Å². The standard InChI is InChI=1S/C15H22N2O/c1-5-6-7-12(3)16-14-8-9-15(11(2)10-14)17-13(4)18/h5,8-10,12,16H,1,6-7H2,2-4H3,(H,17,18). The van der Waals surface area contributed by atoms with Crippen molar-refractivity contribution in [2.24, 2.45) is 0 Å². The van der Waals surface area contributed by atoms with E-state index in [2.05, 4.69) is 30.2 Å². The zero-order valence-corrected chi connectivity index (χ0v) is 11.4. The average Bonchev–Trinajstić information content (AvgIpc) is 2.29.